The summed E-state index contributed by atoms with van der Waals surface area (Å²) in [4.78, 5) is 36.9. The predicted octanol–water partition coefficient (Wildman–Crippen LogP) is 3.32. The van der Waals surface area contributed by atoms with E-state index in [4.69, 9.17) is 21.1 Å². The Morgan fingerprint density at radius 2 is 1.75 bits per heavy atom. The van der Waals surface area contributed by atoms with Crippen molar-refractivity contribution in [3.05, 3.63) is 81.6 Å². The number of carbonyl (C=O) groups excluding carboxylic acids is 3. The molecular formula is C23H22ClN3O5. The van der Waals surface area contributed by atoms with E-state index in [0.717, 1.165) is 11.1 Å². The first-order chi connectivity index (χ1) is 15.3. The van der Waals surface area contributed by atoms with Gasteiger partial charge in [0.1, 0.15) is 16.5 Å². The molecule has 0 atom stereocenters. The number of carbonyl (C=O) groups is 3. The summed E-state index contributed by atoms with van der Waals surface area (Å²) in [5, 5.41) is 6.57. The van der Waals surface area contributed by atoms with Crippen molar-refractivity contribution >= 4 is 29.4 Å². The Labute approximate surface area is 190 Å². The fourth-order valence-corrected chi connectivity index (χ4v) is 3.33. The standard InChI is InChI=1S/C23H22ClN3O5/c1-14-8-10-16(11-9-14)12-27-21(24)20(15(2)26-27)23(30)32-13-19(28)25-22(29)17-6-4-5-7-18(17)31-3/h4-11H,12-13H2,1-3H3,(H,25,28,29). The van der Waals surface area contributed by atoms with Crippen LogP contribution >= 0.6 is 11.6 Å². The first kappa shape index (κ1) is 23.0. The van der Waals surface area contributed by atoms with E-state index >= 15 is 0 Å². The summed E-state index contributed by atoms with van der Waals surface area (Å²) < 4.78 is 11.6. The average Bonchev–Trinajstić information content (AvgIpc) is 3.06. The van der Waals surface area contributed by atoms with Crippen molar-refractivity contribution in [3.63, 3.8) is 0 Å². The third-order valence-corrected chi connectivity index (χ3v) is 5.05. The number of rotatable bonds is 7. The predicted molar refractivity (Wildman–Crippen MR) is 118 cm³/mol. The first-order valence-corrected chi connectivity index (χ1v) is 10.1. The molecule has 2 amide bonds. The van der Waals surface area contributed by atoms with Gasteiger partial charge >= 0.3 is 5.97 Å². The zero-order valence-electron chi connectivity index (χ0n) is 17.8. The summed E-state index contributed by atoms with van der Waals surface area (Å²) in [6.07, 6.45) is 0. The fraction of sp³-hybridized carbons (Fsp3) is 0.217. The van der Waals surface area contributed by atoms with E-state index in [1.54, 1.807) is 25.1 Å². The smallest absolute Gasteiger partial charge is 0.343 e. The number of methoxy groups -OCH3 is 1. The van der Waals surface area contributed by atoms with Gasteiger partial charge in [-0.25, -0.2) is 9.48 Å². The van der Waals surface area contributed by atoms with Crippen molar-refractivity contribution in [2.45, 2.75) is 20.4 Å². The van der Waals surface area contributed by atoms with Crippen molar-refractivity contribution in [3.8, 4) is 5.75 Å². The van der Waals surface area contributed by atoms with E-state index in [-0.39, 0.29) is 16.3 Å². The minimum Gasteiger partial charge on any atom is -0.496 e. The molecule has 0 bridgehead atoms. The van der Waals surface area contributed by atoms with Crippen LogP contribution < -0.4 is 10.1 Å². The second-order valence-corrected chi connectivity index (χ2v) is 7.41. The van der Waals surface area contributed by atoms with Crippen LogP contribution in [0.1, 0.15) is 37.5 Å². The lowest BCUT2D eigenvalue weighted by Crippen LogP contribution is -2.34. The summed E-state index contributed by atoms with van der Waals surface area (Å²) in [6, 6.07) is 14.3. The topological polar surface area (TPSA) is 99.5 Å². The largest absolute Gasteiger partial charge is 0.496 e. The van der Waals surface area contributed by atoms with Gasteiger partial charge in [-0.05, 0) is 31.5 Å². The first-order valence-electron chi connectivity index (χ1n) is 9.73. The lowest BCUT2D eigenvalue weighted by molar-refractivity contribution is -0.123. The summed E-state index contributed by atoms with van der Waals surface area (Å²) >= 11 is 6.35. The Balaban J connectivity index is 1.62. The van der Waals surface area contributed by atoms with Crippen molar-refractivity contribution < 1.29 is 23.9 Å². The van der Waals surface area contributed by atoms with Gasteiger partial charge in [0.25, 0.3) is 11.8 Å². The third-order valence-electron chi connectivity index (χ3n) is 4.66. The van der Waals surface area contributed by atoms with Crippen molar-refractivity contribution in [2.24, 2.45) is 0 Å². The van der Waals surface area contributed by atoms with Gasteiger partial charge in [0, 0.05) is 0 Å². The van der Waals surface area contributed by atoms with Crippen LogP contribution in [-0.2, 0) is 16.1 Å². The number of esters is 1. The number of benzene rings is 2. The number of amides is 2. The van der Waals surface area contributed by atoms with E-state index in [1.165, 1.54) is 17.9 Å². The molecule has 1 aromatic heterocycles. The fourth-order valence-electron chi connectivity index (χ4n) is 3.02. The van der Waals surface area contributed by atoms with Crippen LogP contribution in [0, 0.1) is 13.8 Å². The number of aromatic nitrogens is 2. The van der Waals surface area contributed by atoms with Gasteiger partial charge in [-0.1, -0.05) is 53.6 Å². The summed E-state index contributed by atoms with van der Waals surface area (Å²) in [7, 11) is 1.42. The third kappa shape index (κ3) is 5.33. The molecular weight excluding hydrogens is 434 g/mol. The minimum atomic E-state index is -0.803. The van der Waals surface area contributed by atoms with Gasteiger partial charge < -0.3 is 9.47 Å². The number of imide groups is 1. The van der Waals surface area contributed by atoms with Gasteiger partial charge in [0.15, 0.2) is 6.61 Å². The highest BCUT2D eigenvalue weighted by Gasteiger charge is 2.23. The van der Waals surface area contributed by atoms with Gasteiger partial charge in [-0.15, -0.1) is 0 Å². The van der Waals surface area contributed by atoms with Gasteiger partial charge in [0.2, 0.25) is 0 Å². The highest BCUT2D eigenvalue weighted by Crippen LogP contribution is 2.22. The van der Waals surface area contributed by atoms with Crippen molar-refractivity contribution in [1.29, 1.82) is 0 Å². The molecule has 0 saturated carbocycles. The van der Waals surface area contributed by atoms with Crippen LogP contribution in [0.2, 0.25) is 5.15 Å². The highest BCUT2D eigenvalue weighted by molar-refractivity contribution is 6.32. The molecule has 0 radical (unpaired) electrons. The monoisotopic (exact) mass is 455 g/mol. The molecule has 166 valence electrons. The van der Waals surface area contributed by atoms with E-state index in [9.17, 15) is 14.4 Å². The summed E-state index contributed by atoms with van der Waals surface area (Å²) in [6.45, 7) is 3.34. The van der Waals surface area contributed by atoms with Crippen LogP contribution in [0.5, 0.6) is 5.75 Å². The SMILES string of the molecule is COc1ccccc1C(=O)NC(=O)COC(=O)c1c(C)nn(Cc2ccc(C)cc2)c1Cl. The number of hydrogen-bond donors (Lipinski definition) is 1. The second-order valence-electron chi connectivity index (χ2n) is 7.05. The van der Waals surface area contributed by atoms with Crippen molar-refractivity contribution in [1.82, 2.24) is 15.1 Å². The van der Waals surface area contributed by atoms with Crippen molar-refractivity contribution in [2.75, 3.05) is 13.7 Å². The van der Waals surface area contributed by atoms with E-state index < -0.39 is 24.4 Å². The highest BCUT2D eigenvalue weighted by atomic mass is 35.5. The maximum Gasteiger partial charge on any atom is 0.343 e. The van der Waals surface area contributed by atoms with E-state index in [0.29, 0.717) is 18.0 Å². The van der Waals surface area contributed by atoms with E-state index in [1.807, 2.05) is 31.2 Å². The van der Waals surface area contributed by atoms with Crippen LogP contribution in [0.15, 0.2) is 48.5 Å². The number of ether oxygens (including phenoxy) is 2. The second kappa shape index (κ2) is 10.1. The Kier molecular flexibility index (Phi) is 7.27. The molecule has 8 nitrogen and oxygen atoms in total. The molecule has 0 aliphatic carbocycles. The molecule has 0 fully saturated rings. The van der Waals surface area contributed by atoms with Crippen LogP contribution in [-0.4, -0.2) is 41.3 Å². The molecule has 2 aromatic carbocycles. The normalized spacial score (nSPS) is 10.5. The number of hydrogen-bond acceptors (Lipinski definition) is 6. The zero-order valence-corrected chi connectivity index (χ0v) is 18.6. The maximum atomic E-state index is 12.5. The number of nitrogens with one attached hydrogen (secondary N) is 1. The minimum absolute atomic E-state index is 0.0719. The van der Waals surface area contributed by atoms with E-state index in [2.05, 4.69) is 10.4 Å². The number of nitrogens with zero attached hydrogens (tertiary/aromatic N) is 2. The Bertz CT molecular complexity index is 1150. The maximum absolute atomic E-state index is 12.5. The van der Waals surface area contributed by atoms with Crippen LogP contribution in [0.3, 0.4) is 0 Å². The summed E-state index contributed by atoms with van der Waals surface area (Å²) in [5.74, 6) is -1.93. The molecule has 0 aliphatic heterocycles. The van der Waals surface area contributed by atoms with Crippen LogP contribution in [0.4, 0.5) is 0 Å². The molecule has 0 spiro atoms. The molecule has 1 N–H and O–H groups in total. The lowest BCUT2D eigenvalue weighted by Gasteiger charge is -2.09. The van der Waals surface area contributed by atoms with Gasteiger partial charge in [0.05, 0.1) is 24.9 Å². The number of para-hydroxylation sites is 1. The lowest BCUT2D eigenvalue weighted by atomic mass is 10.1. The van der Waals surface area contributed by atoms with Crippen LogP contribution in [0.25, 0.3) is 0 Å². The molecule has 9 heteroatoms. The molecule has 0 aliphatic rings. The zero-order chi connectivity index (χ0) is 23.3. The Morgan fingerprint density at radius 3 is 2.44 bits per heavy atom. The molecule has 3 aromatic rings. The average molecular weight is 456 g/mol. The Hall–Kier alpha value is -3.65. The van der Waals surface area contributed by atoms with Gasteiger partial charge in [-0.3, -0.25) is 14.9 Å². The summed E-state index contributed by atoms with van der Waals surface area (Å²) in [5.41, 5.74) is 2.73. The number of aryl methyl sites for hydroxylation is 2. The molecule has 1 heterocycles. The molecule has 0 saturated heterocycles. The Morgan fingerprint density at radius 1 is 1.06 bits per heavy atom. The molecule has 0 unspecified atom stereocenters. The molecule has 3 rings (SSSR count). The number of halogens is 1. The quantitative estimate of drug-likeness (QED) is 0.548. The van der Waals surface area contributed by atoms with Gasteiger partial charge in [-0.2, -0.15) is 5.10 Å². The molecule has 32 heavy (non-hydrogen) atoms.